The average molecular weight is 491 g/mol. The number of nitrogens with zero attached hydrogens (tertiary/aromatic N) is 2. The standard InChI is InChI=1S/C29H31ClN2O3/c30-26-11-9-25(10-12-26)29(35)14-18-32(19-15-29)17-3-7-27(24-6-2-16-31-21-24)23-5-1-4-22(20-23)8-13-28(33)34/h1-2,4-7,9-12,16,20-21,35H,3,8,13-15,17-19H2,(H,33,34)/b27-7+. The van der Waals surface area contributed by atoms with Gasteiger partial charge in [0.1, 0.15) is 0 Å². The normalized spacial score (nSPS) is 16.2. The summed E-state index contributed by atoms with van der Waals surface area (Å²) < 4.78 is 0. The molecular weight excluding hydrogens is 460 g/mol. The molecule has 1 fully saturated rings. The van der Waals surface area contributed by atoms with Crippen molar-refractivity contribution in [2.75, 3.05) is 19.6 Å². The first kappa shape index (κ1) is 25.1. The quantitative estimate of drug-likeness (QED) is 0.411. The topological polar surface area (TPSA) is 73.7 Å². The van der Waals surface area contributed by atoms with Crippen LogP contribution in [-0.4, -0.2) is 45.7 Å². The van der Waals surface area contributed by atoms with E-state index in [1.807, 2.05) is 48.7 Å². The number of benzene rings is 2. The molecule has 5 nitrogen and oxygen atoms in total. The van der Waals surface area contributed by atoms with Crippen molar-refractivity contribution in [1.29, 1.82) is 0 Å². The lowest BCUT2D eigenvalue weighted by Gasteiger charge is -2.38. The molecule has 182 valence electrons. The Labute approximate surface area is 211 Å². The molecule has 3 aromatic rings. The van der Waals surface area contributed by atoms with Crippen LogP contribution in [0.2, 0.25) is 5.02 Å². The van der Waals surface area contributed by atoms with Crippen molar-refractivity contribution in [3.8, 4) is 0 Å². The molecule has 2 heterocycles. The summed E-state index contributed by atoms with van der Waals surface area (Å²) in [7, 11) is 0. The lowest BCUT2D eigenvalue weighted by atomic mass is 9.84. The second kappa shape index (κ2) is 11.6. The smallest absolute Gasteiger partial charge is 0.303 e. The number of aromatic nitrogens is 1. The number of pyridine rings is 1. The first-order chi connectivity index (χ1) is 16.9. The second-order valence-electron chi connectivity index (χ2n) is 9.12. The Bertz CT molecular complexity index is 1150. The number of likely N-dealkylation sites (tertiary alicyclic amines) is 1. The van der Waals surface area contributed by atoms with Crippen LogP contribution in [-0.2, 0) is 16.8 Å². The van der Waals surface area contributed by atoms with E-state index in [1.165, 1.54) is 0 Å². The van der Waals surface area contributed by atoms with Crippen LogP contribution in [0.4, 0.5) is 0 Å². The Morgan fingerprint density at radius 3 is 2.49 bits per heavy atom. The number of halogens is 1. The molecule has 4 rings (SSSR count). The number of aliphatic hydroxyl groups is 1. The van der Waals surface area contributed by atoms with Crippen LogP contribution in [0.1, 0.15) is 47.9 Å². The largest absolute Gasteiger partial charge is 0.481 e. The minimum atomic E-state index is -0.797. The monoisotopic (exact) mass is 490 g/mol. The molecule has 0 unspecified atom stereocenters. The number of carboxylic acids is 1. The lowest BCUT2D eigenvalue weighted by Crippen LogP contribution is -2.42. The zero-order valence-electron chi connectivity index (χ0n) is 19.7. The van der Waals surface area contributed by atoms with E-state index in [0.717, 1.165) is 53.9 Å². The number of carboxylic acid groups (broad SMARTS) is 1. The van der Waals surface area contributed by atoms with Gasteiger partial charge in [0.15, 0.2) is 0 Å². The Morgan fingerprint density at radius 2 is 1.80 bits per heavy atom. The van der Waals surface area contributed by atoms with Gasteiger partial charge < -0.3 is 15.1 Å². The summed E-state index contributed by atoms with van der Waals surface area (Å²) in [5, 5.41) is 20.9. The van der Waals surface area contributed by atoms with Crippen LogP contribution in [0.15, 0.2) is 79.1 Å². The molecule has 1 aromatic heterocycles. The molecule has 0 amide bonds. The molecule has 6 heteroatoms. The number of hydrogen-bond acceptors (Lipinski definition) is 4. The summed E-state index contributed by atoms with van der Waals surface area (Å²) in [6.07, 6.45) is 8.75. The highest BCUT2D eigenvalue weighted by Gasteiger charge is 2.33. The third-order valence-corrected chi connectivity index (χ3v) is 6.95. The second-order valence-corrected chi connectivity index (χ2v) is 9.56. The van der Waals surface area contributed by atoms with E-state index in [2.05, 4.69) is 34.2 Å². The minimum Gasteiger partial charge on any atom is -0.481 e. The Kier molecular flexibility index (Phi) is 8.34. The highest BCUT2D eigenvalue weighted by molar-refractivity contribution is 6.30. The van der Waals surface area contributed by atoms with Crippen LogP contribution in [0.5, 0.6) is 0 Å². The zero-order chi connectivity index (χ0) is 24.7. The van der Waals surface area contributed by atoms with Gasteiger partial charge in [0.25, 0.3) is 0 Å². The SMILES string of the molecule is O=C(O)CCc1cccc(/C(=C\CCN2CCC(O)(c3ccc(Cl)cc3)CC2)c2cccnc2)c1. The van der Waals surface area contributed by atoms with Gasteiger partial charge in [0.2, 0.25) is 0 Å². The number of hydrogen-bond donors (Lipinski definition) is 2. The van der Waals surface area contributed by atoms with Gasteiger partial charge in [-0.3, -0.25) is 9.78 Å². The van der Waals surface area contributed by atoms with Gasteiger partial charge in [0.05, 0.1) is 5.60 Å². The third kappa shape index (κ3) is 6.79. The molecule has 0 saturated carbocycles. The highest BCUT2D eigenvalue weighted by Crippen LogP contribution is 2.33. The van der Waals surface area contributed by atoms with Crippen molar-refractivity contribution in [2.45, 2.75) is 37.7 Å². The highest BCUT2D eigenvalue weighted by atomic mass is 35.5. The lowest BCUT2D eigenvalue weighted by molar-refractivity contribution is -0.136. The summed E-state index contributed by atoms with van der Waals surface area (Å²) >= 11 is 6.00. The summed E-state index contributed by atoms with van der Waals surface area (Å²) in [6, 6.07) is 19.6. The van der Waals surface area contributed by atoms with Crippen molar-refractivity contribution in [3.05, 3.63) is 106 Å². The van der Waals surface area contributed by atoms with Crippen LogP contribution >= 0.6 is 11.6 Å². The molecule has 0 spiro atoms. The molecule has 2 N–H and O–H groups in total. The van der Waals surface area contributed by atoms with Crippen molar-refractivity contribution in [3.63, 3.8) is 0 Å². The van der Waals surface area contributed by atoms with Crippen molar-refractivity contribution in [1.82, 2.24) is 9.88 Å². The van der Waals surface area contributed by atoms with Crippen LogP contribution in [0.3, 0.4) is 0 Å². The molecule has 1 aliphatic rings. The predicted molar refractivity (Wildman–Crippen MR) is 139 cm³/mol. The van der Waals surface area contributed by atoms with Crippen molar-refractivity contribution in [2.24, 2.45) is 0 Å². The van der Waals surface area contributed by atoms with E-state index in [-0.39, 0.29) is 6.42 Å². The number of carbonyl (C=O) groups is 1. The average Bonchev–Trinajstić information content (AvgIpc) is 2.87. The van der Waals surface area contributed by atoms with Gasteiger partial charge in [-0.1, -0.05) is 60.1 Å². The molecule has 0 aliphatic carbocycles. The summed E-state index contributed by atoms with van der Waals surface area (Å²) in [5.74, 6) is -0.789. The molecular formula is C29H31ClN2O3. The van der Waals surface area contributed by atoms with Crippen molar-refractivity contribution < 1.29 is 15.0 Å². The van der Waals surface area contributed by atoms with E-state index >= 15 is 0 Å². The molecule has 1 saturated heterocycles. The van der Waals surface area contributed by atoms with E-state index in [1.54, 1.807) is 6.20 Å². The number of rotatable bonds is 9. The Hall–Kier alpha value is -2.99. The summed E-state index contributed by atoms with van der Waals surface area (Å²) in [6.45, 7) is 2.57. The molecule has 0 radical (unpaired) electrons. The summed E-state index contributed by atoms with van der Waals surface area (Å²) in [5.41, 5.74) is 4.36. The van der Waals surface area contributed by atoms with E-state index in [4.69, 9.17) is 16.7 Å². The van der Waals surface area contributed by atoms with Gasteiger partial charge in [-0.15, -0.1) is 0 Å². The van der Waals surface area contributed by atoms with E-state index in [0.29, 0.717) is 24.3 Å². The first-order valence-corrected chi connectivity index (χ1v) is 12.4. The van der Waals surface area contributed by atoms with Gasteiger partial charge in [-0.25, -0.2) is 0 Å². The molecule has 1 aliphatic heterocycles. The molecule has 2 aromatic carbocycles. The molecule has 35 heavy (non-hydrogen) atoms. The number of piperidine rings is 1. The summed E-state index contributed by atoms with van der Waals surface area (Å²) in [4.78, 5) is 17.7. The molecule has 0 bridgehead atoms. The van der Waals surface area contributed by atoms with Crippen LogP contribution < -0.4 is 0 Å². The minimum absolute atomic E-state index is 0.118. The van der Waals surface area contributed by atoms with Gasteiger partial charge >= 0.3 is 5.97 Å². The fourth-order valence-corrected chi connectivity index (χ4v) is 4.78. The number of aryl methyl sites for hydroxylation is 1. The fourth-order valence-electron chi connectivity index (χ4n) is 4.66. The predicted octanol–water partition coefficient (Wildman–Crippen LogP) is 5.56. The maximum atomic E-state index is 11.1. The van der Waals surface area contributed by atoms with E-state index < -0.39 is 11.6 Å². The maximum absolute atomic E-state index is 11.1. The Balaban J connectivity index is 1.43. The van der Waals surface area contributed by atoms with Crippen molar-refractivity contribution >= 4 is 23.1 Å². The van der Waals surface area contributed by atoms with E-state index in [9.17, 15) is 9.90 Å². The van der Waals surface area contributed by atoms with Crippen LogP contribution in [0.25, 0.3) is 5.57 Å². The molecule has 0 atom stereocenters. The first-order valence-electron chi connectivity index (χ1n) is 12.1. The Morgan fingerprint density at radius 1 is 1.06 bits per heavy atom. The zero-order valence-corrected chi connectivity index (χ0v) is 20.5. The fraction of sp³-hybridized carbons (Fsp3) is 0.310. The van der Waals surface area contributed by atoms with Crippen LogP contribution in [0, 0.1) is 0 Å². The maximum Gasteiger partial charge on any atom is 0.303 e. The van der Waals surface area contributed by atoms with Gasteiger partial charge in [-0.05, 0) is 66.1 Å². The van der Waals surface area contributed by atoms with Gasteiger partial charge in [0, 0.05) is 49.0 Å². The number of aliphatic carboxylic acids is 1. The third-order valence-electron chi connectivity index (χ3n) is 6.70. The van der Waals surface area contributed by atoms with Gasteiger partial charge in [-0.2, -0.15) is 0 Å².